The van der Waals surface area contributed by atoms with Gasteiger partial charge in [-0.25, -0.2) is 4.98 Å². The summed E-state index contributed by atoms with van der Waals surface area (Å²) in [5, 5.41) is 5.49. The van der Waals surface area contributed by atoms with Crippen LogP contribution in [0.25, 0.3) is 0 Å². The number of thiazole rings is 1. The lowest BCUT2D eigenvalue weighted by atomic mass is 9.99. The molecule has 0 unspecified atom stereocenters. The molecule has 3 aromatic rings. The third-order valence-corrected chi connectivity index (χ3v) is 6.79. The number of ether oxygens (including phenoxy) is 3. The Morgan fingerprint density at radius 2 is 1.79 bits per heavy atom. The van der Waals surface area contributed by atoms with E-state index in [0.717, 1.165) is 36.8 Å². The van der Waals surface area contributed by atoms with Gasteiger partial charge in [-0.05, 0) is 49.5 Å². The molecule has 0 saturated carbocycles. The van der Waals surface area contributed by atoms with Crippen molar-refractivity contribution in [2.45, 2.75) is 32.9 Å². The van der Waals surface area contributed by atoms with Crippen LogP contribution in [-0.4, -0.2) is 43.1 Å². The molecule has 0 radical (unpaired) electrons. The second kappa shape index (κ2) is 11.4. The van der Waals surface area contributed by atoms with E-state index in [0.29, 0.717) is 34.6 Å². The van der Waals surface area contributed by atoms with E-state index in [1.807, 2.05) is 35.7 Å². The van der Waals surface area contributed by atoms with Crippen molar-refractivity contribution in [1.29, 1.82) is 0 Å². The molecule has 1 amide bonds. The maximum absolute atomic E-state index is 13.0. The molecular weight excluding hydrogens is 450 g/mol. The van der Waals surface area contributed by atoms with Crippen molar-refractivity contribution in [2.75, 3.05) is 32.6 Å². The standard InChI is InChI=1S/C26H31N3O4S/c1-18-9-11-29(12-10-18)15-21-17-34-26(27-21)28-25(30)20-13-22(31-2)24(23(14-20)32-3)33-16-19-7-5-4-6-8-19/h4-8,13-14,17-18H,9-12,15-16H2,1-3H3,(H,27,28,30). The second-order valence-electron chi connectivity index (χ2n) is 8.54. The van der Waals surface area contributed by atoms with Crippen molar-refractivity contribution in [2.24, 2.45) is 5.92 Å². The molecular formula is C26H31N3O4S. The highest BCUT2D eigenvalue weighted by Gasteiger charge is 2.20. The van der Waals surface area contributed by atoms with E-state index < -0.39 is 0 Å². The van der Waals surface area contributed by atoms with E-state index >= 15 is 0 Å². The lowest BCUT2D eigenvalue weighted by molar-refractivity contribution is 0.102. The molecule has 34 heavy (non-hydrogen) atoms. The number of hydrogen-bond donors (Lipinski definition) is 1. The van der Waals surface area contributed by atoms with Crippen LogP contribution in [0.3, 0.4) is 0 Å². The number of aromatic nitrogens is 1. The maximum atomic E-state index is 13.0. The maximum Gasteiger partial charge on any atom is 0.257 e. The number of nitrogens with one attached hydrogen (secondary N) is 1. The SMILES string of the molecule is COc1cc(C(=O)Nc2nc(CN3CCC(C)CC3)cs2)cc(OC)c1OCc1ccccc1. The Hall–Kier alpha value is -3.10. The van der Waals surface area contributed by atoms with E-state index in [2.05, 4.69) is 22.1 Å². The molecule has 8 heteroatoms. The van der Waals surface area contributed by atoms with E-state index in [1.165, 1.54) is 24.2 Å². The number of methoxy groups -OCH3 is 2. The van der Waals surface area contributed by atoms with Gasteiger partial charge in [0.25, 0.3) is 5.91 Å². The molecule has 1 aromatic heterocycles. The molecule has 2 heterocycles. The highest BCUT2D eigenvalue weighted by molar-refractivity contribution is 7.14. The van der Waals surface area contributed by atoms with Gasteiger partial charge in [0.05, 0.1) is 19.9 Å². The molecule has 7 nitrogen and oxygen atoms in total. The number of amides is 1. The van der Waals surface area contributed by atoms with Crippen LogP contribution in [0.1, 0.15) is 41.4 Å². The Kier molecular flexibility index (Phi) is 8.03. The van der Waals surface area contributed by atoms with Gasteiger partial charge in [0, 0.05) is 17.5 Å². The summed E-state index contributed by atoms with van der Waals surface area (Å²) in [4.78, 5) is 20.0. The summed E-state index contributed by atoms with van der Waals surface area (Å²) in [6.45, 7) is 5.67. The first-order chi connectivity index (χ1) is 16.6. The van der Waals surface area contributed by atoms with Crippen molar-refractivity contribution in [1.82, 2.24) is 9.88 Å². The highest BCUT2D eigenvalue weighted by atomic mass is 32.1. The fraction of sp³-hybridized carbons (Fsp3) is 0.385. The zero-order valence-corrected chi connectivity index (χ0v) is 20.7. The van der Waals surface area contributed by atoms with E-state index in [1.54, 1.807) is 26.4 Å². The van der Waals surface area contributed by atoms with Crippen LogP contribution in [-0.2, 0) is 13.2 Å². The average molecular weight is 482 g/mol. The third-order valence-electron chi connectivity index (χ3n) is 5.98. The number of carbonyl (C=O) groups is 1. The summed E-state index contributed by atoms with van der Waals surface area (Å²) in [7, 11) is 3.08. The summed E-state index contributed by atoms with van der Waals surface area (Å²) < 4.78 is 17.0. The van der Waals surface area contributed by atoms with E-state index in [9.17, 15) is 4.79 Å². The molecule has 0 spiro atoms. The molecule has 1 fully saturated rings. The minimum Gasteiger partial charge on any atom is -0.493 e. The largest absolute Gasteiger partial charge is 0.493 e. The van der Waals surface area contributed by atoms with Gasteiger partial charge in [0.15, 0.2) is 16.6 Å². The Labute approximate surface area is 204 Å². The fourth-order valence-corrected chi connectivity index (χ4v) is 4.64. The highest BCUT2D eigenvalue weighted by Crippen LogP contribution is 2.39. The summed E-state index contributed by atoms with van der Waals surface area (Å²) >= 11 is 1.43. The molecule has 1 aliphatic heterocycles. The van der Waals surface area contributed by atoms with Gasteiger partial charge >= 0.3 is 0 Å². The van der Waals surface area contributed by atoms with Crippen molar-refractivity contribution in [3.63, 3.8) is 0 Å². The summed E-state index contributed by atoms with van der Waals surface area (Å²) in [6.07, 6.45) is 2.45. The first kappa shape index (κ1) is 24.0. The Balaban J connectivity index is 1.43. The van der Waals surface area contributed by atoms with Crippen LogP contribution in [0, 0.1) is 5.92 Å². The Morgan fingerprint density at radius 1 is 1.12 bits per heavy atom. The summed E-state index contributed by atoms with van der Waals surface area (Å²) in [5.74, 6) is 1.83. The zero-order chi connectivity index (χ0) is 23.9. The molecule has 1 aliphatic rings. The van der Waals surface area contributed by atoms with Crippen molar-refractivity contribution in [3.05, 3.63) is 64.7 Å². The van der Waals surface area contributed by atoms with Gasteiger partial charge in [0.2, 0.25) is 5.75 Å². The molecule has 0 bridgehead atoms. The van der Waals surface area contributed by atoms with E-state index in [4.69, 9.17) is 14.2 Å². The topological polar surface area (TPSA) is 72.9 Å². The number of nitrogens with zero attached hydrogens (tertiary/aromatic N) is 2. The second-order valence-corrected chi connectivity index (χ2v) is 9.40. The van der Waals surface area contributed by atoms with Gasteiger partial charge in [-0.3, -0.25) is 15.0 Å². The lowest BCUT2D eigenvalue weighted by Gasteiger charge is -2.29. The quantitative estimate of drug-likeness (QED) is 0.452. The molecule has 0 aliphatic carbocycles. The number of carbonyl (C=O) groups excluding carboxylic acids is 1. The number of likely N-dealkylation sites (tertiary alicyclic amines) is 1. The van der Waals surface area contributed by atoms with Gasteiger partial charge in [-0.2, -0.15) is 0 Å². The number of anilines is 1. The predicted octanol–water partition coefficient (Wildman–Crippen LogP) is 5.22. The van der Waals surface area contributed by atoms with Crippen LogP contribution in [0.4, 0.5) is 5.13 Å². The minimum atomic E-state index is -0.279. The van der Waals surface area contributed by atoms with Crippen molar-refractivity contribution in [3.8, 4) is 17.2 Å². The van der Waals surface area contributed by atoms with Gasteiger partial charge in [-0.15, -0.1) is 11.3 Å². The fourth-order valence-electron chi connectivity index (χ4n) is 3.94. The zero-order valence-electron chi connectivity index (χ0n) is 19.9. The van der Waals surface area contributed by atoms with Crippen LogP contribution in [0.2, 0.25) is 0 Å². The smallest absolute Gasteiger partial charge is 0.257 e. The normalized spacial score (nSPS) is 14.6. The van der Waals surface area contributed by atoms with Crippen LogP contribution < -0.4 is 19.5 Å². The molecule has 1 saturated heterocycles. The first-order valence-corrected chi connectivity index (χ1v) is 12.3. The third kappa shape index (κ3) is 6.07. The average Bonchev–Trinajstić information content (AvgIpc) is 3.30. The number of rotatable bonds is 9. The van der Waals surface area contributed by atoms with Crippen LogP contribution in [0.15, 0.2) is 47.8 Å². The number of piperidine rings is 1. The van der Waals surface area contributed by atoms with Gasteiger partial charge < -0.3 is 14.2 Å². The van der Waals surface area contributed by atoms with E-state index in [-0.39, 0.29) is 5.91 Å². The predicted molar refractivity (Wildman–Crippen MR) is 134 cm³/mol. The number of benzene rings is 2. The molecule has 4 rings (SSSR count). The Morgan fingerprint density at radius 3 is 2.44 bits per heavy atom. The molecule has 2 aromatic carbocycles. The molecule has 0 atom stereocenters. The minimum absolute atomic E-state index is 0.279. The first-order valence-electron chi connectivity index (χ1n) is 11.5. The van der Waals surface area contributed by atoms with Gasteiger partial charge in [0.1, 0.15) is 6.61 Å². The lowest BCUT2D eigenvalue weighted by Crippen LogP contribution is -2.32. The Bertz CT molecular complexity index is 1070. The van der Waals surface area contributed by atoms with Crippen molar-refractivity contribution >= 4 is 22.4 Å². The van der Waals surface area contributed by atoms with Gasteiger partial charge in [-0.1, -0.05) is 37.3 Å². The van der Waals surface area contributed by atoms with Crippen molar-refractivity contribution < 1.29 is 19.0 Å². The van der Waals surface area contributed by atoms with Crippen LogP contribution >= 0.6 is 11.3 Å². The monoisotopic (exact) mass is 481 g/mol. The molecule has 1 N–H and O–H groups in total. The molecule has 180 valence electrons. The van der Waals surface area contributed by atoms with Crippen LogP contribution in [0.5, 0.6) is 17.2 Å². The summed E-state index contributed by atoms with van der Waals surface area (Å²) in [5.41, 5.74) is 2.41. The number of hydrogen-bond acceptors (Lipinski definition) is 7. The summed E-state index contributed by atoms with van der Waals surface area (Å²) in [6, 6.07) is 13.1.